The highest BCUT2D eigenvalue weighted by Crippen LogP contribution is 2.37. The maximum absolute atomic E-state index is 6.60. The van der Waals surface area contributed by atoms with Gasteiger partial charge in [-0.3, -0.25) is 4.98 Å². The molecule has 1 aromatic heterocycles. The van der Waals surface area contributed by atoms with Gasteiger partial charge < -0.3 is 5.73 Å². The van der Waals surface area contributed by atoms with Crippen LogP contribution < -0.4 is 5.73 Å². The Kier molecular flexibility index (Phi) is 2.88. The van der Waals surface area contributed by atoms with Crippen molar-refractivity contribution in [3.63, 3.8) is 0 Å². The van der Waals surface area contributed by atoms with Crippen molar-refractivity contribution in [2.24, 2.45) is 5.73 Å². The molecule has 2 heteroatoms. The number of nitrogens with zero attached hydrogens (tertiary/aromatic N) is 1. The van der Waals surface area contributed by atoms with Gasteiger partial charge in [0.1, 0.15) is 0 Å². The molecule has 0 spiro atoms. The molecule has 3 rings (SSSR count). The van der Waals surface area contributed by atoms with Gasteiger partial charge in [0.05, 0.1) is 0 Å². The van der Waals surface area contributed by atoms with Crippen molar-refractivity contribution < 1.29 is 0 Å². The Bertz CT molecular complexity index is 536. The maximum atomic E-state index is 6.60. The van der Waals surface area contributed by atoms with Gasteiger partial charge in [0.2, 0.25) is 0 Å². The number of benzene rings is 1. The summed E-state index contributed by atoms with van der Waals surface area (Å²) >= 11 is 0. The predicted molar refractivity (Wildman–Crippen MR) is 73.2 cm³/mol. The Hall–Kier alpha value is -1.67. The van der Waals surface area contributed by atoms with Crippen LogP contribution in [0.1, 0.15) is 29.5 Å². The lowest BCUT2D eigenvalue weighted by Gasteiger charge is -2.25. The minimum absolute atomic E-state index is 0.146. The van der Waals surface area contributed by atoms with Crippen LogP contribution in [-0.2, 0) is 18.4 Å². The van der Waals surface area contributed by atoms with Crippen molar-refractivity contribution in [1.82, 2.24) is 4.98 Å². The lowest BCUT2D eigenvalue weighted by atomic mass is 9.87. The summed E-state index contributed by atoms with van der Waals surface area (Å²) in [5, 5.41) is 0. The molecule has 1 aliphatic rings. The molecule has 2 N–H and O–H groups in total. The average molecular weight is 238 g/mol. The zero-order valence-corrected chi connectivity index (χ0v) is 10.5. The summed E-state index contributed by atoms with van der Waals surface area (Å²) in [6, 6.07) is 12.7. The normalized spacial score (nSPS) is 21.8. The van der Waals surface area contributed by atoms with E-state index >= 15 is 0 Å². The van der Waals surface area contributed by atoms with Crippen molar-refractivity contribution in [1.29, 1.82) is 0 Å². The summed E-state index contributed by atoms with van der Waals surface area (Å²) < 4.78 is 0. The third kappa shape index (κ3) is 2.04. The minimum atomic E-state index is -0.146. The second kappa shape index (κ2) is 4.54. The van der Waals surface area contributed by atoms with E-state index in [0.29, 0.717) is 0 Å². The molecule has 1 aliphatic carbocycles. The van der Waals surface area contributed by atoms with Crippen LogP contribution in [0.25, 0.3) is 0 Å². The maximum Gasteiger partial charge on any atom is 0.0418 e. The van der Waals surface area contributed by atoms with E-state index in [-0.39, 0.29) is 5.54 Å². The highest BCUT2D eigenvalue weighted by atomic mass is 14.8. The van der Waals surface area contributed by atoms with Crippen molar-refractivity contribution in [3.8, 4) is 0 Å². The molecule has 0 amide bonds. The Morgan fingerprint density at radius 3 is 2.89 bits per heavy atom. The molecular weight excluding hydrogens is 220 g/mol. The van der Waals surface area contributed by atoms with Gasteiger partial charge in [-0.25, -0.2) is 0 Å². The van der Waals surface area contributed by atoms with E-state index in [1.54, 1.807) is 0 Å². The van der Waals surface area contributed by atoms with Gasteiger partial charge in [0, 0.05) is 17.9 Å². The highest BCUT2D eigenvalue weighted by molar-refractivity contribution is 5.38. The lowest BCUT2D eigenvalue weighted by molar-refractivity contribution is 0.407. The Morgan fingerprint density at radius 1 is 1.17 bits per heavy atom. The third-order valence-corrected chi connectivity index (χ3v) is 3.98. The Balaban J connectivity index is 1.77. The van der Waals surface area contributed by atoms with Gasteiger partial charge in [0.25, 0.3) is 0 Å². The van der Waals surface area contributed by atoms with E-state index in [4.69, 9.17) is 5.73 Å². The number of aryl methyl sites for hydroxylation is 2. The molecule has 0 saturated heterocycles. The van der Waals surface area contributed by atoms with E-state index < -0.39 is 0 Å². The molecule has 0 fully saturated rings. The van der Waals surface area contributed by atoms with Crippen LogP contribution in [0.3, 0.4) is 0 Å². The van der Waals surface area contributed by atoms with Crippen molar-refractivity contribution in [3.05, 3.63) is 65.5 Å². The lowest BCUT2D eigenvalue weighted by Crippen LogP contribution is -2.34. The fourth-order valence-corrected chi connectivity index (χ4v) is 2.89. The van der Waals surface area contributed by atoms with Gasteiger partial charge in [-0.15, -0.1) is 0 Å². The molecule has 1 atom stereocenters. The number of fused-ring (bicyclic) bond motifs is 1. The monoisotopic (exact) mass is 238 g/mol. The van der Waals surface area contributed by atoms with Crippen LogP contribution in [-0.4, -0.2) is 4.98 Å². The molecule has 0 aliphatic heterocycles. The second-order valence-corrected chi connectivity index (χ2v) is 5.17. The van der Waals surface area contributed by atoms with Crippen LogP contribution >= 0.6 is 0 Å². The topological polar surface area (TPSA) is 38.9 Å². The van der Waals surface area contributed by atoms with E-state index in [0.717, 1.165) is 25.7 Å². The summed E-state index contributed by atoms with van der Waals surface area (Å²) in [7, 11) is 0. The Morgan fingerprint density at radius 2 is 2.06 bits per heavy atom. The smallest absolute Gasteiger partial charge is 0.0418 e. The number of pyridine rings is 1. The number of nitrogens with two attached hydrogens (primary N) is 1. The first kappa shape index (κ1) is 11.4. The van der Waals surface area contributed by atoms with E-state index in [2.05, 4.69) is 35.3 Å². The minimum Gasteiger partial charge on any atom is -0.321 e. The summed E-state index contributed by atoms with van der Waals surface area (Å²) in [5.74, 6) is 0. The molecule has 1 unspecified atom stereocenters. The molecule has 2 nitrogen and oxygen atoms in total. The Labute approximate surface area is 108 Å². The molecule has 0 saturated carbocycles. The summed E-state index contributed by atoms with van der Waals surface area (Å²) in [4.78, 5) is 4.16. The van der Waals surface area contributed by atoms with Crippen molar-refractivity contribution >= 4 is 0 Å². The zero-order chi connectivity index (χ0) is 12.4. The molecule has 0 radical (unpaired) electrons. The van der Waals surface area contributed by atoms with E-state index in [9.17, 15) is 0 Å². The number of hydrogen-bond acceptors (Lipinski definition) is 2. The van der Waals surface area contributed by atoms with Gasteiger partial charge in [-0.05, 0) is 48.4 Å². The fraction of sp³-hybridized carbons (Fsp3) is 0.312. The van der Waals surface area contributed by atoms with Crippen LogP contribution in [0.15, 0.2) is 48.8 Å². The highest BCUT2D eigenvalue weighted by Gasteiger charge is 2.33. The van der Waals surface area contributed by atoms with Gasteiger partial charge in [0.15, 0.2) is 0 Å². The summed E-state index contributed by atoms with van der Waals surface area (Å²) in [5.41, 5.74) is 10.5. The van der Waals surface area contributed by atoms with Crippen molar-refractivity contribution in [2.75, 3.05) is 0 Å². The number of aromatic nitrogens is 1. The summed E-state index contributed by atoms with van der Waals surface area (Å²) in [6.07, 6.45) is 7.91. The first-order chi connectivity index (χ1) is 8.78. The molecule has 18 heavy (non-hydrogen) atoms. The van der Waals surface area contributed by atoms with Gasteiger partial charge in [-0.2, -0.15) is 0 Å². The zero-order valence-electron chi connectivity index (χ0n) is 10.5. The quantitative estimate of drug-likeness (QED) is 0.893. The molecule has 92 valence electrons. The predicted octanol–water partition coefficient (Wildman–Crippen LogP) is 2.81. The number of rotatable bonds is 3. The van der Waals surface area contributed by atoms with Crippen LogP contribution in [0.5, 0.6) is 0 Å². The van der Waals surface area contributed by atoms with Crippen LogP contribution in [0.4, 0.5) is 0 Å². The number of hydrogen-bond donors (Lipinski definition) is 1. The first-order valence-corrected chi connectivity index (χ1v) is 6.54. The molecule has 2 aromatic rings. The van der Waals surface area contributed by atoms with E-state index in [1.807, 2.05) is 18.5 Å². The SMILES string of the molecule is NC1(CCc2cccnc2)CCc2ccccc21. The van der Waals surface area contributed by atoms with Gasteiger partial charge >= 0.3 is 0 Å². The molecule has 1 heterocycles. The van der Waals surface area contributed by atoms with Crippen LogP contribution in [0.2, 0.25) is 0 Å². The van der Waals surface area contributed by atoms with Gasteiger partial charge in [-0.1, -0.05) is 30.3 Å². The third-order valence-electron chi connectivity index (χ3n) is 3.98. The summed E-state index contributed by atoms with van der Waals surface area (Å²) in [6.45, 7) is 0. The molecule has 1 aromatic carbocycles. The average Bonchev–Trinajstić information content (AvgIpc) is 2.77. The standard InChI is InChI=1S/C16H18N2/c17-16(9-7-13-4-3-11-18-12-13)10-8-14-5-1-2-6-15(14)16/h1-6,11-12H,7-10,17H2. The van der Waals surface area contributed by atoms with Crippen molar-refractivity contribution in [2.45, 2.75) is 31.2 Å². The first-order valence-electron chi connectivity index (χ1n) is 6.54. The largest absolute Gasteiger partial charge is 0.321 e. The van der Waals surface area contributed by atoms with Crippen LogP contribution in [0, 0.1) is 0 Å². The molecule has 0 bridgehead atoms. The second-order valence-electron chi connectivity index (χ2n) is 5.17. The molecular formula is C16H18N2. The fourth-order valence-electron chi connectivity index (χ4n) is 2.89. The van der Waals surface area contributed by atoms with E-state index in [1.165, 1.54) is 16.7 Å².